The van der Waals surface area contributed by atoms with Gasteiger partial charge in [0.15, 0.2) is 11.6 Å². The summed E-state index contributed by atoms with van der Waals surface area (Å²) in [5, 5.41) is 31.4. The fraction of sp³-hybridized carbons (Fsp3) is 0.444. The lowest BCUT2D eigenvalue weighted by atomic mass is 9.92. The molecule has 0 saturated heterocycles. The second kappa shape index (κ2) is 7.22. The maximum Gasteiger partial charge on any atom is 0.159 e. The SMILES string of the molecule is Cc1cc(N(C)C2CC([C@@H](O)c3ccc(F)c(F)c3)[C@@H](O)[C@H]2O)ncn1. The third kappa shape index (κ3) is 3.40. The Kier molecular flexibility index (Phi) is 5.17. The minimum Gasteiger partial charge on any atom is -0.390 e. The molecule has 1 fully saturated rings. The number of likely N-dealkylation sites (N-methyl/N-ethyl adjacent to an activating group) is 1. The first-order valence-electron chi connectivity index (χ1n) is 8.30. The van der Waals surface area contributed by atoms with Crippen molar-refractivity contribution in [1.82, 2.24) is 9.97 Å². The molecule has 3 rings (SSSR count). The molecule has 6 nitrogen and oxygen atoms in total. The van der Waals surface area contributed by atoms with Crippen molar-refractivity contribution in [2.75, 3.05) is 11.9 Å². The molecule has 1 aromatic carbocycles. The third-order valence-corrected chi connectivity index (χ3v) is 5.04. The maximum absolute atomic E-state index is 13.4. The van der Waals surface area contributed by atoms with Crippen molar-refractivity contribution in [3.63, 3.8) is 0 Å². The van der Waals surface area contributed by atoms with Gasteiger partial charge in [-0.3, -0.25) is 0 Å². The molecular weight excluding hydrogens is 344 g/mol. The normalized spacial score (nSPS) is 26.7. The van der Waals surface area contributed by atoms with E-state index in [0.717, 1.165) is 17.8 Å². The van der Waals surface area contributed by atoms with Crippen LogP contribution in [0.25, 0.3) is 0 Å². The monoisotopic (exact) mass is 365 g/mol. The lowest BCUT2D eigenvalue weighted by Gasteiger charge is -2.28. The lowest BCUT2D eigenvalue weighted by molar-refractivity contribution is -0.0232. The molecule has 1 heterocycles. The smallest absolute Gasteiger partial charge is 0.159 e. The molecule has 1 aliphatic rings. The van der Waals surface area contributed by atoms with E-state index in [1.165, 1.54) is 12.4 Å². The molecule has 0 bridgehead atoms. The van der Waals surface area contributed by atoms with Crippen LogP contribution in [0.2, 0.25) is 0 Å². The summed E-state index contributed by atoms with van der Waals surface area (Å²) in [7, 11) is 1.73. The zero-order valence-corrected chi connectivity index (χ0v) is 14.4. The van der Waals surface area contributed by atoms with E-state index in [0.29, 0.717) is 5.82 Å². The molecular formula is C18H21F2N3O3. The minimum atomic E-state index is -1.24. The summed E-state index contributed by atoms with van der Waals surface area (Å²) >= 11 is 0. The number of hydrogen-bond donors (Lipinski definition) is 3. The highest BCUT2D eigenvalue weighted by Crippen LogP contribution is 2.39. The van der Waals surface area contributed by atoms with E-state index >= 15 is 0 Å². The highest BCUT2D eigenvalue weighted by Gasteiger charge is 2.46. The van der Waals surface area contributed by atoms with Gasteiger partial charge in [-0.25, -0.2) is 18.7 Å². The van der Waals surface area contributed by atoms with Crippen LogP contribution in [-0.2, 0) is 0 Å². The van der Waals surface area contributed by atoms with Crippen molar-refractivity contribution in [2.45, 2.75) is 37.7 Å². The molecule has 8 heteroatoms. The van der Waals surface area contributed by atoms with Crippen molar-refractivity contribution in [2.24, 2.45) is 5.92 Å². The average Bonchev–Trinajstić information content (AvgIpc) is 2.91. The van der Waals surface area contributed by atoms with Gasteiger partial charge in [0.25, 0.3) is 0 Å². The molecule has 0 amide bonds. The van der Waals surface area contributed by atoms with E-state index in [-0.39, 0.29) is 12.0 Å². The van der Waals surface area contributed by atoms with Gasteiger partial charge < -0.3 is 20.2 Å². The summed E-state index contributed by atoms with van der Waals surface area (Å²) in [6.45, 7) is 1.81. The summed E-state index contributed by atoms with van der Waals surface area (Å²) in [5.74, 6) is -2.23. The van der Waals surface area contributed by atoms with Gasteiger partial charge in [-0.15, -0.1) is 0 Å². The Morgan fingerprint density at radius 2 is 1.85 bits per heavy atom. The summed E-state index contributed by atoms with van der Waals surface area (Å²) < 4.78 is 26.5. The topological polar surface area (TPSA) is 89.7 Å². The number of aliphatic hydroxyl groups excluding tert-OH is 3. The van der Waals surface area contributed by atoms with Gasteiger partial charge in [-0.1, -0.05) is 6.07 Å². The first-order valence-corrected chi connectivity index (χ1v) is 8.30. The second-order valence-corrected chi connectivity index (χ2v) is 6.69. The average molecular weight is 365 g/mol. The zero-order valence-electron chi connectivity index (χ0n) is 14.4. The second-order valence-electron chi connectivity index (χ2n) is 6.69. The number of aliphatic hydroxyl groups is 3. The number of aromatic nitrogens is 2. The van der Waals surface area contributed by atoms with Crippen molar-refractivity contribution in [3.8, 4) is 0 Å². The van der Waals surface area contributed by atoms with Crippen LogP contribution < -0.4 is 4.90 Å². The van der Waals surface area contributed by atoms with Gasteiger partial charge in [-0.05, 0) is 31.0 Å². The molecule has 1 aliphatic carbocycles. The number of halogens is 2. The Morgan fingerprint density at radius 3 is 2.50 bits per heavy atom. The van der Waals surface area contributed by atoms with E-state index in [4.69, 9.17) is 0 Å². The van der Waals surface area contributed by atoms with Gasteiger partial charge in [0.2, 0.25) is 0 Å². The first-order chi connectivity index (χ1) is 12.3. The molecule has 0 radical (unpaired) electrons. The Bertz CT molecular complexity index is 792. The van der Waals surface area contributed by atoms with E-state index < -0.39 is 41.9 Å². The summed E-state index contributed by atoms with van der Waals surface area (Å²) in [4.78, 5) is 9.91. The summed E-state index contributed by atoms with van der Waals surface area (Å²) in [6.07, 6.45) is -1.91. The third-order valence-electron chi connectivity index (χ3n) is 5.04. The Labute approximate surface area is 149 Å². The number of aryl methyl sites for hydroxylation is 1. The predicted octanol–water partition coefficient (Wildman–Crippen LogP) is 1.34. The highest BCUT2D eigenvalue weighted by molar-refractivity contribution is 5.40. The van der Waals surface area contributed by atoms with Gasteiger partial charge in [0, 0.05) is 24.7 Å². The first kappa shape index (κ1) is 18.6. The van der Waals surface area contributed by atoms with E-state index in [1.807, 2.05) is 6.92 Å². The molecule has 0 spiro atoms. The van der Waals surface area contributed by atoms with Gasteiger partial charge in [0.1, 0.15) is 18.2 Å². The van der Waals surface area contributed by atoms with Crippen LogP contribution in [0.4, 0.5) is 14.6 Å². The van der Waals surface area contributed by atoms with Crippen molar-refractivity contribution < 1.29 is 24.1 Å². The Morgan fingerprint density at radius 1 is 1.12 bits per heavy atom. The molecule has 140 valence electrons. The minimum absolute atomic E-state index is 0.154. The molecule has 26 heavy (non-hydrogen) atoms. The van der Waals surface area contributed by atoms with Crippen molar-refractivity contribution in [1.29, 1.82) is 0 Å². The van der Waals surface area contributed by atoms with Crippen LogP contribution in [0.5, 0.6) is 0 Å². The van der Waals surface area contributed by atoms with Crippen LogP contribution in [0.1, 0.15) is 23.8 Å². The van der Waals surface area contributed by atoms with Crippen molar-refractivity contribution in [3.05, 3.63) is 53.5 Å². The molecule has 0 aliphatic heterocycles. The molecule has 1 aromatic heterocycles. The summed E-state index contributed by atoms with van der Waals surface area (Å²) in [5.41, 5.74) is 0.912. The number of nitrogens with zero attached hydrogens (tertiary/aromatic N) is 3. The molecule has 2 unspecified atom stereocenters. The van der Waals surface area contributed by atoms with E-state index in [2.05, 4.69) is 9.97 Å². The number of benzene rings is 1. The van der Waals surface area contributed by atoms with Crippen LogP contribution in [0, 0.1) is 24.5 Å². The molecule has 2 aromatic rings. The fourth-order valence-corrected chi connectivity index (χ4v) is 3.49. The Hall–Kier alpha value is -2.16. The number of hydrogen-bond acceptors (Lipinski definition) is 6. The Balaban J connectivity index is 1.81. The standard InChI is InChI=1S/C18H21F2N3O3/c1-9-5-15(22-8-21-9)23(2)14-7-11(17(25)18(14)26)16(24)10-3-4-12(19)13(20)6-10/h3-6,8,11,14,16-18,24-26H,7H2,1-2H3/t11?,14?,16-,17+,18-/m0/s1. The van der Waals surface area contributed by atoms with Crippen LogP contribution in [-0.4, -0.2) is 50.6 Å². The number of anilines is 1. The van der Waals surface area contributed by atoms with Gasteiger partial charge in [-0.2, -0.15) is 0 Å². The lowest BCUT2D eigenvalue weighted by Crippen LogP contribution is -2.41. The quantitative estimate of drug-likeness (QED) is 0.758. The van der Waals surface area contributed by atoms with E-state index in [1.54, 1.807) is 18.0 Å². The molecule has 5 atom stereocenters. The van der Waals surface area contributed by atoms with Gasteiger partial charge in [0.05, 0.1) is 18.2 Å². The van der Waals surface area contributed by atoms with Crippen molar-refractivity contribution >= 4 is 5.82 Å². The fourth-order valence-electron chi connectivity index (χ4n) is 3.49. The highest BCUT2D eigenvalue weighted by atomic mass is 19.2. The van der Waals surface area contributed by atoms with Crippen LogP contribution in [0.3, 0.4) is 0 Å². The molecule has 3 N–H and O–H groups in total. The molecule has 1 saturated carbocycles. The van der Waals surface area contributed by atoms with Gasteiger partial charge >= 0.3 is 0 Å². The zero-order chi connectivity index (χ0) is 19.0. The number of rotatable bonds is 4. The largest absolute Gasteiger partial charge is 0.390 e. The van der Waals surface area contributed by atoms with Crippen LogP contribution in [0.15, 0.2) is 30.6 Å². The van der Waals surface area contributed by atoms with Crippen LogP contribution >= 0.6 is 0 Å². The predicted molar refractivity (Wildman–Crippen MR) is 90.4 cm³/mol. The maximum atomic E-state index is 13.4. The summed E-state index contributed by atoms with van der Waals surface area (Å²) in [6, 6.07) is 4.36. The van der Waals surface area contributed by atoms with E-state index in [9.17, 15) is 24.1 Å².